The second-order valence-corrected chi connectivity index (χ2v) is 5.02. The molecule has 1 aromatic carbocycles. The number of anilines is 1. The molecule has 1 unspecified atom stereocenters. The Bertz CT molecular complexity index is 609. The van der Waals surface area contributed by atoms with Gasteiger partial charge in [-0.2, -0.15) is 0 Å². The number of carboxylic acids is 1. The number of aromatic carboxylic acids is 1. The van der Waals surface area contributed by atoms with Gasteiger partial charge in [0.2, 0.25) is 11.8 Å². The van der Waals surface area contributed by atoms with Crippen molar-refractivity contribution in [1.82, 2.24) is 0 Å². The van der Waals surface area contributed by atoms with Crippen LogP contribution < -0.4 is 10.6 Å². The van der Waals surface area contributed by atoms with Gasteiger partial charge in [-0.05, 0) is 31.0 Å². The van der Waals surface area contributed by atoms with Crippen molar-refractivity contribution >= 4 is 23.5 Å². The molecule has 1 atom stereocenters. The maximum absolute atomic E-state index is 12.1. The first kappa shape index (κ1) is 14.0. The summed E-state index contributed by atoms with van der Waals surface area (Å²) < 4.78 is 0. The Morgan fingerprint density at radius 1 is 1.35 bits per heavy atom. The number of carbonyl (C=O) groups excluding carboxylic acids is 2. The second-order valence-electron chi connectivity index (χ2n) is 5.02. The minimum absolute atomic E-state index is 0.0295. The van der Waals surface area contributed by atoms with Crippen LogP contribution in [0.4, 0.5) is 5.69 Å². The lowest BCUT2D eigenvalue weighted by atomic mass is 10.0. The lowest BCUT2D eigenvalue weighted by Crippen LogP contribution is -2.30. The van der Waals surface area contributed by atoms with Gasteiger partial charge in [0.25, 0.3) is 0 Å². The van der Waals surface area contributed by atoms with E-state index in [0.717, 1.165) is 11.1 Å². The van der Waals surface area contributed by atoms with Crippen LogP contribution in [0.2, 0.25) is 0 Å². The Hall–Kier alpha value is -2.37. The molecule has 1 aliphatic heterocycles. The lowest BCUT2D eigenvalue weighted by Gasteiger charge is -2.22. The third-order valence-corrected chi connectivity index (χ3v) is 3.73. The predicted molar refractivity (Wildman–Crippen MR) is 72.5 cm³/mol. The molecule has 2 rings (SSSR count). The SMILES string of the molecule is Cc1ccc(C(=O)O)c(N2CC(C(N)=O)CC2=O)c1C. The summed E-state index contributed by atoms with van der Waals surface area (Å²) in [6.07, 6.45) is 0.0295. The van der Waals surface area contributed by atoms with Crippen LogP contribution in [0, 0.1) is 19.8 Å². The molecule has 3 N–H and O–H groups in total. The van der Waals surface area contributed by atoms with E-state index in [-0.39, 0.29) is 24.4 Å². The molecule has 0 spiro atoms. The first-order chi connectivity index (χ1) is 9.32. The van der Waals surface area contributed by atoms with Gasteiger partial charge < -0.3 is 15.7 Å². The van der Waals surface area contributed by atoms with Gasteiger partial charge in [0.1, 0.15) is 0 Å². The number of benzene rings is 1. The minimum Gasteiger partial charge on any atom is -0.478 e. The van der Waals surface area contributed by atoms with E-state index in [2.05, 4.69) is 0 Å². The first-order valence-electron chi connectivity index (χ1n) is 6.26. The third-order valence-electron chi connectivity index (χ3n) is 3.73. The molecule has 1 heterocycles. The number of amides is 2. The minimum atomic E-state index is -1.10. The van der Waals surface area contributed by atoms with Crippen LogP contribution in [0.1, 0.15) is 27.9 Å². The molecule has 20 heavy (non-hydrogen) atoms. The Balaban J connectivity index is 2.52. The van der Waals surface area contributed by atoms with Crippen LogP contribution >= 0.6 is 0 Å². The van der Waals surface area contributed by atoms with Gasteiger partial charge in [-0.25, -0.2) is 4.79 Å². The Morgan fingerprint density at radius 3 is 2.50 bits per heavy atom. The summed E-state index contributed by atoms with van der Waals surface area (Å²) in [6.45, 7) is 3.75. The van der Waals surface area contributed by atoms with Crippen molar-refractivity contribution < 1.29 is 19.5 Å². The largest absolute Gasteiger partial charge is 0.478 e. The fraction of sp³-hybridized carbons (Fsp3) is 0.357. The topological polar surface area (TPSA) is 101 Å². The quantitative estimate of drug-likeness (QED) is 0.854. The molecule has 6 nitrogen and oxygen atoms in total. The fourth-order valence-electron chi connectivity index (χ4n) is 2.44. The Kier molecular flexibility index (Phi) is 3.48. The number of primary amides is 1. The zero-order valence-corrected chi connectivity index (χ0v) is 11.3. The molecule has 1 aromatic rings. The molecule has 106 valence electrons. The average molecular weight is 276 g/mol. The smallest absolute Gasteiger partial charge is 0.337 e. The first-order valence-corrected chi connectivity index (χ1v) is 6.26. The highest BCUT2D eigenvalue weighted by molar-refractivity contribution is 6.06. The second kappa shape index (κ2) is 4.96. The van der Waals surface area contributed by atoms with Crippen LogP contribution in [0.5, 0.6) is 0 Å². The van der Waals surface area contributed by atoms with Crippen LogP contribution in [0.15, 0.2) is 12.1 Å². The summed E-state index contributed by atoms with van der Waals surface area (Å²) in [7, 11) is 0. The maximum Gasteiger partial charge on any atom is 0.337 e. The lowest BCUT2D eigenvalue weighted by molar-refractivity contribution is -0.123. The number of nitrogens with two attached hydrogens (primary N) is 1. The number of hydrogen-bond donors (Lipinski definition) is 2. The highest BCUT2D eigenvalue weighted by Gasteiger charge is 2.36. The third kappa shape index (κ3) is 2.24. The molecule has 1 aliphatic rings. The van der Waals surface area contributed by atoms with Crippen LogP contribution in [-0.4, -0.2) is 29.4 Å². The van der Waals surface area contributed by atoms with E-state index in [1.165, 1.54) is 11.0 Å². The summed E-state index contributed by atoms with van der Waals surface area (Å²) in [4.78, 5) is 36.0. The molecule has 2 amide bonds. The number of nitrogens with zero attached hydrogens (tertiary/aromatic N) is 1. The Morgan fingerprint density at radius 2 is 2.00 bits per heavy atom. The standard InChI is InChI=1S/C14H16N2O4/c1-7-3-4-10(14(19)20)12(8(7)2)16-6-9(13(15)18)5-11(16)17/h3-4,9H,5-6H2,1-2H3,(H2,15,18)(H,19,20). The molecule has 1 fully saturated rings. The van der Waals surface area contributed by atoms with Crippen molar-refractivity contribution in [2.45, 2.75) is 20.3 Å². The molecule has 6 heteroatoms. The number of hydrogen-bond acceptors (Lipinski definition) is 3. The van der Waals surface area contributed by atoms with Crippen molar-refractivity contribution in [1.29, 1.82) is 0 Å². The average Bonchev–Trinajstić information content (AvgIpc) is 2.74. The van der Waals surface area contributed by atoms with E-state index in [0.29, 0.717) is 5.69 Å². The van der Waals surface area contributed by atoms with Gasteiger partial charge in [-0.1, -0.05) is 6.07 Å². The maximum atomic E-state index is 12.1. The van der Waals surface area contributed by atoms with Gasteiger partial charge >= 0.3 is 5.97 Å². The van der Waals surface area contributed by atoms with E-state index >= 15 is 0 Å². The van der Waals surface area contributed by atoms with E-state index < -0.39 is 17.8 Å². The summed E-state index contributed by atoms with van der Waals surface area (Å²) >= 11 is 0. The summed E-state index contributed by atoms with van der Waals surface area (Å²) in [6, 6.07) is 3.18. The van der Waals surface area contributed by atoms with Crippen LogP contribution in [0.3, 0.4) is 0 Å². The summed E-state index contributed by atoms with van der Waals surface area (Å²) in [5.41, 5.74) is 7.27. The van der Waals surface area contributed by atoms with Crippen LogP contribution in [-0.2, 0) is 9.59 Å². The molecule has 0 aromatic heterocycles. The molecular formula is C14H16N2O4. The molecule has 0 saturated carbocycles. The van der Waals surface area contributed by atoms with E-state index in [1.54, 1.807) is 13.0 Å². The molecule has 0 radical (unpaired) electrons. The zero-order valence-electron chi connectivity index (χ0n) is 11.3. The van der Waals surface area contributed by atoms with Crippen LogP contribution in [0.25, 0.3) is 0 Å². The molecule has 0 bridgehead atoms. The molecule has 1 saturated heterocycles. The van der Waals surface area contributed by atoms with E-state index in [4.69, 9.17) is 5.73 Å². The van der Waals surface area contributed by atoms with Gasteiger partial charge in [-0.15, -0.1) is 0 Å². The Labute approximate surface area is 116 Å². The van der Waals surface area contributed by atoms with Crippen molar-refractivity contribution in [3.05, 3.63) is 28.8 Å². The van der Waals surface area contributed by atoms with E-state index in [1.807, 2.05) is 6.92 Å². The van der Waals surface area contributed by atoms with Gasteiger partial charge in [-0.3, -0.25) is 9.59 Å². The molecular weight excluding hydrogens is 260 g/mol. The van der Waals surface area contributed by atoms with Crippen molar-refractivity contribution in [3.63, 3.8) is 0 Å². The monoisotopic (exact) mass is 276 g/mol. The highest BCUT2D eigenvalue weighted by atomic mass is 16.4. The highest BCUT2D eigenvalue weighted by Crippen LogP contribution is 2.32. The van der Waals surface area contributed by atoms with Crippen molar-refractivity contribution in [3.8, 4) is 0 Å². The number of aryl methyl sites for hydroxylation is 1. The fourth-order valence-corrected chi connectivity index (χ4v) is 2.44. The number of carbonyl (C=O) groups is 3. The predicted octanol–water partition coefficient (Wildman–Crippen LogP) is 0.840. The zero-order chi connectivity index (χ0) is 15.0. The van der Waals surface area contributed by atoms with Gasteiger partial charge in [0.05, 0.1) is 17.2 Å². The molecule has 0 aliphatic carbocycles. The van der Waals surface area contributed by atoms with E-state index in [9.17, 15) is 19.5 Å². The summed E-state index contributed by atoms with van der Waals surface area (Å²) in [5.74, 6) is -2.48. The van der Waals surface area contributed by atoms with Crippen molar-refractivity contribution in [2.75, 3.05) is 11.4 Å². The number of rotatable bonds is 3. The van der Waals surface area contributed by atoms with Gasteiger partial charge in [0.15, 0.2) is 0 Å². The van der Waals surface area contributed by atoms with Gasteiger partial charge in [0, 0.05) is 13.0 Å². The summed E-state index contributed by atoms with van der Waals surface area (Å²) in [5, 5.41) is 9.27. The van der Waals surface area contributed by atoms with Crippen molar-refractivity contribution in [2.24, 2.45) is 11.7 Å². The number of carboxylic acid groups (broad SMARTS) is 1. The normalized spacial score (nSPS) is 18.4.